The second-order valence-electron chi connectivity index (χ2n) is 6.93. The Morgan fingerprint density at radius 2 is 1.81 bits per heavy atom. The molecule has 0 aromatic heterocycles. The first-order valence-corrected chi connectivity index (χ1v) is 8.81. The predicted molar refractivity (Wildman–Crippen MR) is 105 cm³/mol. The standard InChI is InChI=1S/C20H20Cl2N2O2/c1-12-9-15(16(11-23)13-5-7-14(21)8-6-13)17(22)10-18(12)24-19(25)26-20(2,3)4/h5-10,16H,1-4H3,(H,24,25). The van der Waals surface area contributed by atoms with E-state index in [4.69, 9.17) is 27.9 Å². The lowest BCUT2D eigenvalue weighted by atomic mass is 9.91. The first kappa shape index (κ1) is 20.1. The van der Waals surface area contributed by atoms with E-state index >= 15 is 0 Å². The van der Waals surface area contributed by atoms with Crippen molar-refractivity contribution in [1.82, 2.24) is 0 Å². The van der Waals surface area contributed by atoms with Gasteiger partial charge < -0.3 is 4.74 Å². The molecule has 0 fully saturated rings. The van der Waals surface area contributed by atoms with Crippen molar-refractivity contribution >= 4 is 35.0 Å². The van der Waals surface area contributed by atoms with Crippen LogP contribution < -0.4 is 5.32 Å². The van der Waals surface area contributed by atoms with Crippen molar-refractivity contribution in [3.05, 3.63) is 63.1 Å². The molecule has 2 aromatic carbocycles. The first-order chi connectivity index (χ1) is 12.1. The maximum atomic E-state index is 12.0. The fourth-order valence-corrected chi connectivity index (χ4v) is 2.85. The zero-order chi connectivity index (χ0) is 19.5. The molecule has 0 aliphatic carbocycles. The number of nitriles is 1. The average molecular weight is 391 g/mol. The Balaban J connectivity index is 2.32. The molecular weight excluding hydrogens is 371 g/mol. The Morgan fingerprint density at radius 1 is 1.19 bits per heavy atom. The highest BCUT2D eigenvalue weighted by molar-refractivity contribution is 6.32. The van der Waals surface area contributed by atoms with Gasteiger partial charge in [-0.3, -0.25) is 5.32 Å². The maximum absolute atomic E-state index is 12.0. The zero-order valence-corrected chi connectivity index (χ0v) is 16.6. The van der Waals surface area contributed by atoms with Crippen LogP contribution in [-0.2, 0) is 4.74 Å². The Hall–Kier alpha value is -2.22. The molecule has 1 unspecified atom stereocenters. The van der Waals surface area contributed by atoms with Crippen molar-refractivity contribution in [2.75, 3.05) is 5.32 Å². The number of hydrogen-bond acceptors (Lipinski definition) is 3. The number of halogens is 2. The van der Waals surface area contributed by atoms with Gasteiger partial charge in [0, 0.05) is 15.7 Å². The molecule has 0 aliphatic rings. The lowest BCUT2D eigenvalue weighted by molar-refractivity contribution is 0.0636. The Kier molecular flexibility index (Phi) is 6.17. The molecule has 2 aromatic rings. The molecule has 6 heteroatoms. The van der Waals surface area contributed by atoms with E-state index in [2.05, 4.69) is 11.4 Å². The van der Waals surface area contributed by atoms with Crippen LogP contribution in [0, 0.1) is 18.3 Å². The summed E-state index contributed by atoms with van der Waals surface area (Å²) in [6, 6.07) is 12.8. The van der Waals surface area contributed by atoms with Gasteiger partial charge in [-0.05, 0) is 62.6 Å². The minimum absolute atomic E-state index is 0.392. The van der Waals surface area contributed by atoms with Crippen molar-refractivity contribution in [2.45, 2.75) is 39.2 Å². The molecule has 0 aliphatic heterocycles. The van der Waals surface area contributed by atoms with Crippen molar-refractivity contribution in [2.24, 2.45) is 0 Å². The van der Waals surface area contributed by atoms with Crippen LogP contribution >= 0.6 is 23.2 Å². The van der Waals surface area contributed by atoms with E-state index in [0.717, 1.165) is 11.1 Å². The van der Waals surface area contributed by atoms with E-state index < -0.39 is 17.6 Å². The Labute approximate surface area is 163 Å². The minimum atomic E-state index is -0.595. The SMILES string of the molecule is Cc1cc(C(C#N)c2ccc(Cl)cc2)c(Cl)cc1NC(=O)OC(C)(C)C. The highest BCUT2D eigenvalue weighted by atomic mass is 35.5. The summed E-state index contributed by atoms with van der Waals surface area (Å²) in [5.74, 6) is -0.533. The second kappa shape index (κ2) is 7.99. The normalized spacial score (nSPS) is 12.2. The van der Waals surface area contributed by atoms with Gasteiger partial charge in [-0.15, -0.1) is 0 Å². The van der Waals surface area contributed by atoms with Gasteiger partial charge in [0.15, 0.2) is 0 Å². The van der Waals surface area contributed by atoms with Crippen molar-refractivity contribution in [1.29, 1.82) is 5.26 Å². The molecule has 0 saturated carbocycles. The Bertz CT molecular complexity index is 850. The van der Waals surface area contributed by atoms with Crippen LogP contribution in [0.15, 0.2) is 36.4 Å². The van der Waals surface area contributed by atoms with Gasteiger partial charge >= 0.3 is 6.09 Å². The van der Waals surface area contributed by atoms with E-state index in [9.17, 15) is 10.1 Å². The van der Waals surface area contributed by atoms with E-state index in [1.54, 1.807) is 57.2 Å². The third kappa shape index (κ3) is 5.14. The number of hydrogen-bond donors (Lipinski definition) is 1. The molecule has 1 atom stereocenters. The highest BCUT2D eigenvalue weighted by Crippen LogP contribution is 2.34. The van der Waals surface area contributed by atoms with Gasteiger partial charge in [-0.2, -0.15) is 5.26 Å². The van der Waals surface area contributed by atoms with Crippen LogP contribution in [0.2, 0.25) is 10.0 Å². The highest BCUT2D eigenvalue weighted by Gasteiger charge is 2.20. The van der Waals surface area contributed by atoms with E-state index in [0.29, 0.717) is 21.3 Å². The van der Waals surface area contributed by atoms with E-state index in [1.165, 1.54) is 0 Å². The number of nitrogens with zero attached hydrogens (tertiary/aromatic N) is 1. The number of nitrogens with one attached hydrogen (secondary N) is 1. The quantitative estimate of drug-likeness (QED) is 0.667. The summed E-state index contributed by atoms with van der Waals surface area (Å²) in [6.07, 6.45) is -0.557. The van der Waals surface area contributed by atoms with Crippen LogP contribution in [0.1, 0.15) is 43.4 Å². The largest absolute Gasteiger partial charge is 0.444 e. The van der Waals surface area contributed by atoms with Gasteiger partial charge in [0.05, 0.1) is 12.0 Å². The van der Waals surface area contributed by atoms with Crippen LogP contribution in [0.5, 0.6) is 0 Å². The summed E-state index contributed by atoms with van der Waals surface area (Å²) < 4.78 is 5.26. The third-order valence-corrected chi connectivity index (χ3v) is 4.20. The van der Waals surface area contributed by atoms with Gasteiger partial charge in [0.25, 0.3) is 0 Å². The van der Waals surface area contributed by atoms with Gasteiger partial charge in [0.1, 0.15) is 5.60 Å². The average Bonchev–Trinajstić information content (AvgIpc) is 2.52. The molecule has 0 radical (unpaired) electrons. The number of carbonyl (C=O) groups is 1. The number of rotatable bonds is 3. The summed E-state index contributed by atoms with van der Waals surface area (Å²) in [6.45, 7) is 7.21. The molecule has 1 N–H and O–H groups in total. The number of aryl methyl sites for hydroxylation is 1. The maximum Gasteiger partial charge on any atom is 0.412 e. The second-order valence-corrected chi connectivity index (χ2v) is 7.77. The molecule has 2 rings (SSSR count). The topological polar surface area (TPSA) is 62.1 Å². The molecule has 0 spiro atoms. The molecular formula is C20H20Cl2N2O2. The zero-order valence-electron chi connectivity index (χ0n) is 15.1. The number of amides is 1. The van der Waals surface area contributed by atoms with Crippen molar-refractivity contribution in [3.63, 3.8) is 0 Å². The fourth-order valence-electron chi connectivity index (χ4n) is 2.45. The summed E-state index contributed by atoms with van der Waals surface area (Å²) >= 11 is 12.3. The summed E-state index contributed by atoms with van der Waals surface area (Å²) in [5, 5.41) is 13.3. The number of anilines is 1. The molecule has 0 saturated heterocycles. The van der Waals surface area contributed by atoms with Crippen molar-refractivity contribution in [3.8, 4) is 6.07 Å². The van der Waals surface area contributed by atoms with Crippen LogP contribution in [0.4, 0.5) is 10.5 Å². The third-order valence-electron chi connectivity index (χ3n) is 3.62. The molecule has 136 valence electrons. The van der Waals surface area contributed by atoms with Crippen molar-refractivity contribution < 1.29 is 9.53 Å². The van der Waals surface area contributed by atoms with E-state index in [-0.39, 0.29) is 0 Å². The van der Waals surface area contributed by atoms with Crippen LogP contribution in [0.3, 0.4) is 0 Å². The molecule has 0 heterocycles. The predicted octanol–water partition coefficient (Wildman–Crippen LogP) is 6.30. The van der Waals surface area contributed by atoms with Crippen LogP contribution in [0.25, 0.3) is 0 Å². The number of carbonyl (C=O) groups excluding carboxylic acids is 1. The summed E-state index contributed by atoms with van der Waals surface area (Å²) in [5.41, 5.74) is 2.20. The lowest BCUT2D eigenvalue weighted by Crippen LogP contribution is -2.27. The first-order valence-electron chi connectivity index (χ1n) is 8.06. The monoisotopic (exact) mass is 390 g/mol. The van der Waals surface area contributed by atoms with Gasteiger partial charge in [-0.1, -0.05) is 41.4 Å². The number of benzene rings is 2. The molecule has 1 amide bonds. The minimum Gasteiger partial charge on any atom is -0.444 e. The molecule has 4 nitrogen and oxygen atoms in total. The van der Waals surface area contributed by atoms with Gasteiger partial charge in [-0.25, -0.2) is 4.79 Å². The summed E-state index contributed by atoms with van der Waals surface area (Å²) in [7, 11) is 0. The van der Waals surface area contributed by atoms with Crippen LogP contribution in [-0.4, -0.2) is 11.7 Å². The summed E-state index contributed by atoms with van der Waals surface area (Å²) in [4.78, 5) is 12.0. The fraction of sp³-hybridized carbons (Fsp3) is 0.300. The smallest absolute Gasteiger partial charge is 0.412 e. The molecule has 26 heavy (non-hydrogen) atoms. The number of ether oxygens (including phenoxy) is 1. The Morgan fingerprint density at radius 3 is 2.35 bits per heavy atom. The van der Waals surface area contributed by atoms with Gasteiger partial charge in [0.2, 0.25) is 0 Å². The lowest BCUT2D eigenvalue weighted by Gasteiger charge is -2.21. The van der Waals surface area contributed by atoms with E-state index in [1.807, 2.05) is 6.92 Å². The molecule has 0 bridgehead atoms.